The van der Waals surface area contributed by atoms with E-state index in [1.165, 1.54) is 0 Å². The average molecular weight is 346 g/mol. The Morgan fingerprint density at radius 3 is 2.58 bits per heavy atom. The van der Waals surface area contributed by atoms with Gasteiger partial charge in [0.05, 0.1) is 5.69 Å². The molecule has 1 atom stereocenters. The third-order valence-electron chi connectivity index (χ3n) is 3.72. The lowest BCUT2D eigenvalue weighted by molar-refractivity contribution is 0.390. The maximum absolute atomic E-state index is 12.7. The van der Waals surface area contributed by atoms with Crippen molar-refractivity contribution in [3.05, 3.63) is 59.7 Å². The van der Waals surface area contributed by atoms with Gasteiger partial charge in [-0.2, -0.15) is 5.10 Å². The molecule has 126 valence electrons. The van der Waals surface area contributed by atoms with Crippen LogP contribution in [0.4, 0.5) is 0 Å². The number of nitrogens with zero attached hydrogens (tertiary/aromatic N) is 3. The molecule has 0 aliphatic carbocycles. The first-order valence-electron chi connectivity index (χ1n) is 7.44. The lowest BCUT2D eigenvalue weighted by Crippen LogP contribution is -2.28. The molecular weight excluding hydrogens is 328 g/mol. The second kappa shape index (κ2) is 6.21. The number of nitrogens with one attached hydrogen (secondary N) is 1. The summed E-state index contributed by atoms with van der Waals surface area (Å²) in [4.78, 5) is 0.0888. The highest BCUT2D eigenvalue weighted by molar-refractivity contribution is 7.89. The van der Waals surface area contributed by atoms with Crippen LogP contribution in [-0.4, -0.2) is 23.4 Å². The number of hydrogen-bond donors (Lipinski definition) is 1. The summed E-state index contributed by atoms with van der Waals surface area (Å²) < 4.78 is 34.7. The maximum atomic E-state index is 12.7. The molecule has 0 aliphatic heterocycles. The molecule has 24 heavy (non-hydrogen) atoms. The van der Waals surface area contributed by atoms with Crippen LogP contribution in [0.25, 0.3) is 5.69 Å². The molecule has 8 heteroatoms. The Labute approximate surface area is 140 Å². The van der Waals surface area contributed by atoms with E-state index in [4.69, 9.17) is 4.52 Å². The van der Waals surface area contributed by atoms with Crippen molar-refractivity contribution in [3.63, 3.8) is 0 Å². The molecule has 1 N–H and O–H groups in total. The minimum atomic E-state index is -3.75. The van der Waals surface area contributed by atoms with Gasteiger partial charge in [0.25, 0.3) is 0 Å². The summed E-state index contributed by atoms with van der Waals surface area (Å²) in [6, 6.07) is 8.87. The number of aryl methyl sites for hydroxylation is 2. The van der Waals surface area contributed by atoms with Crippen LogP contribution >= 0.6 is 0 Å². The van der Waals surface area contributed by atoms with Crippen molar-refractivity contribution >= 4 is 10.0 Å². The lowest BCUT2D eigenvalue weighted by Gasteiger charge is -2.18. The third kappa shape index (κ3) is 2.98. The Hall–Kier alpha value is -2.45. The van der Waals surface area contributed by atoms with Gasteiger partial charge in [-0.25, -0.2) is 17.8 Å². The largest absolute Gasteiger partial charge is 0.360 e. The van der Waals surface area contributed by atoms with Crippen molar-refractivity contribution in [1.82, 2.24) is 19.7 Å². The lowest BCUT2D eigenvalue weighted by atomic mass is 10.1. The maximum Gasteiger partial charge on any atom is 0.246 e. The summed E-state index contributed by atoms with van der Waals surface area (Å²) in [7, 11) is -3.75. The zero-order valence-electron chi connectivity index (χ0n) is 13.6. The second-order valence-electron chi connectivity index (χ2n) is 5.51. The molecule has 0 fully saturated rings. The normalized spacial score (nSPS) is 13.1. The molecule has 7 nitrogen and oxygen atoms in total. The van der Waals surface area contributed by atoms with Gasteiger partial charge in [-0.15, -0.1) is 0 Å². The summed E-state index contributed by atoms with van der Waals surface area (Å²) in [5.74, 6) is 0.271. The van der Waals surface area contributed by atoms with Crippen LogP contribution in [0, 0.1) is 13.8 Å². The Kier molecular flexibility index (Phi) is 4.25. The number of rotatable bonds is 5. The van der Waals surface area contributed by atoms with Gasteiger partial charge in [-0.1, -0.05) is 23.4 Å². The van der Waals surface area contributed by atoms with E-state index in [1.54, 1.807) is 31.6 Å². The molecule has 0 radical (unpaired) electrons. The third-order valence-corrected chi connectivity index (χ3v) is 5.51. The highest BCUT2D eigenvalue weighted by Gasteiger charge is 2.27. The van der Waals surface area contributed by atoms with E-state index in [0.29, 0.717) is 5.69 Å². The Bertz CT molecular complexity index is 926. The SMILES string of the molecule is Cc1noc(C)c1S(=O)(=O)NC(C)c1ccccc1-n1cccn1. The molecule has 1 unspecified atom stereocenters. The molecule has 0 aliphatic rings. The summed E-state index contributed by atoms with van der Waals surface area (Å²) in [6.07, 6.45) is 3.49. The molecule has 0 saturated carbocycles. The van der Waals surface area contributed by atoms with Crippen molar-refractivity contribution in [2.75, 3.05) is 0 Å². The molecule has 0 bridgehead atoms. The zero-order chi connectivity index (χ0) is 17.3. The minimum Gasteiger partial charge on any atom is -0.360 e. The molecule has 0 spiro atoms. The first kappa shape index (κ1) is 16.4. The summed E-state index contributed by atoms with van der Waals surface area (Å²) in [5, 5.41) is 7.93. The van der Waals surface area contributed by atoms with Gasteiger partial charge < -0.3 is 4.52 Å². The fourth-order valence-corrected chi connectivity index (χ4v) is 4.24. The predicted octanol–water partition coefficient (Wildman–Crippen LogP) is 2.52. The first-order valence-corrected chi connectivity index (χ1v) is 8.92. The Balaban J connectivity index is 1.95. The van der Waals surface area contributed by atoms with E-state index in [0.717, 1.165) is 11.3 Å². The van der Waals surface area contributed by atoms with Crippen LogP contribution in [0.2, 0.25) is 0 Å². The zero-order valence-corrected chi connectivity index (χ0v) is 14.4. The van der Waals surface area contributed by atoms with Gasteiger partial charge in [-0.3, -0.25) is 0 Å². The summed E-state index contributed by atoms with van der Waals surface area (Å²) in [6.45, 7) is 4.97. The van der Waals surface area contributed by atoms with Gasteiger partial charge in [0, 0.05) is 18.4 Å². The highest BCUT2D eigenvalue weighted by atomic mass is 32.2. The minimum absolute atomic E-state index is 0.0888. The van der Waals surface area contributed by atoms with E-state index in [9.17, 15) is 8.42 Å². The number of benzene rings is 1. The topological polar surface area (TPSA) is 90.0 Å². The van der Waals surface area contributed by atoms with Crippen LogP contribution in [0.3, 0.4) is 0 Å². The monoisotopic (exact) mass is 346 g/mol. The number of para-hydroxylation sites is 1. The summed E-state index contributed by atoms with van der Waals surface area (Å²) >= 11 is 0. The number of hydrogen-bond acceptors (Lipinski definition) is 5. The van der Waals surface area contributed by atoms with Crippen molar-refractivity contribution < 1.29 is 12.9 Å². The number of aromatic nitrogens is 3. The molecule has 3 rings (SSSR count). The molecular formula is C16H18N4O3S. The molecule has 0 saturated heterocycles. The van der Waals surface area contributed by atoms with Crippen molar-refractivity contribution in [2.24, 2.45) is 0 Å². The van der Waals surface area contributed by atoms with Gasteiger partial charge in [0.15, 0.2) is 5.76 Å². The summed E-state index contributed by atoms with van der Waals surface area (Å²) in [5.41, 5.74) is 1.97. The van der Waals surface area contributed by atoms with E-state index >= 15 is 0 Å². The second-order valence-corrected chi connectivity index (χ2v) is 7.16. The molecule has 0 amide bonds. The molecule has 3 aromatic rings. The van der Waals surface area contributed by atoms with Gasteiger partial charge in [0.2, 0.25) is 10.0 Å². The number of sulfonamides is 1. The van der Waals surface area contributed by atoms with Crippen molar-refractivity contribution in [1.29, 1.82) is 0 Å². The van der Waals surface area contributed by atoms with Gasteiger partial charge >= 0.3 is 0 Å². The first-order chi connectivity index (χ1) is 11.4. The smallest absolute Gasteiger partial charge is 0.246 e. The van der Waals surface area contributed by atoms with Gasteiger partial charge in [-0.05, 0) is 38.5 Å². The van der Waals surface area contributed by atoms with E-state index in [1.807, 2.05) is 36.5 Å². The van der Waals surface area contributed by atoms with E-state index in [2.05, 4.69) is 15.0 Å². The molecule has 2 aromatic heterocycles. The van der Waals surface area contributed by atoms with E-state index < -0.39 is 16.1 Å². The highest BCUT2D eigenvalue weighted by Crippen LogP contribution is 2.25. The van der Waals surface area contributed by atoms with E-state index in [-0.39, 0.29) is 10.7 Å². The van der Waals surface area contributed by atoms with Crippen LogP contribution in [0.5, 0.6) is 0 Å². The van der Waals surface area contributed by atoms with Crippen LogP contribution in [0.15, 0.2) is 52.1 Å². The quantitative estimate of drug-likeness (QED) is 0.766. The van der Waals surface area contributed by atoms with Crippen LogP contribution < -0.4 is 4.72 Å². The van der Waals surface area contributed by atoms with Crippen LogP contribution in [0.1, 0.15) is 30.0 Å². The fourth-order valence-electron chi connectivity index (χ4n) is 2.69. The molecule has 2 heterocycles. The fraction of sp³-hybridized carbons (Fsp3) is 0.250. The predicted molar refractivity (Wildman–Crippen MR) is 88.3 cm³/mol. The Morgan fingerprint density at radius 2 is 1.96 bits per heavy atom. The Morgan fingerprint density at radius 1 is 1.21 bits per heavy atom. The van der Waals surface area contributed by atoms with Crippen molar-refractivity contribution in [3.8, 4) is 5.69 Å². The van der Waals surface area contributed by atoms with Crippen molar-refractivity contribution in [2.45, 2.75) is 31.7 Å². The van der Waals surface area contributed by atoms with Gasteiger partial charge in [0.1, 0.15) is 10.6 Å². The van der Waals surface area contributed by atoms with Crippen LogP contribution in [-0.2, 0) is 10.0 Å². The standard InChI is InChI=1S/C16H18N4O3S/c1-11(19-24(21,22)16-12(2)18-23-13(16)3)14-7-4-5-8-15(14)20-10-6-9-17-20/h4-11,19H,1-3H3. The average Bonchev–Trinajstić information content (AvgIpc) is 3.17. The molecule has 1 aromatic carbocycles.